The number of aliphatic hydroxyl groups is 1. The molecule has 0 aliphatic heterocycles. The maximum Gasteiger partial charge on any atom is 0.417 e. The zero-order valence-corrected chi connectivity index (χ0v) is 16.6. The smallest absolute Gasteiger partial charge is 0.417 e. The number of carbonyl (C=O) groups excluding carboxylic acids is 1. The van der Waals surface area contributed by atoms with Gasteiger partial charge in [-0.25, -0.2) is 4.79 Å². The monoisotopic (exact) mass is 419 g/mol. The number of unbranched alkanes of at least 4 members (excludes halogenated alkanes) is 1. The Kier molecular flexibility index (Phi) is 8.21. The van der Waals surface area contributed by atoms with Gasteiger partial charge in [-0.3, -0.25) is 0 Å². The number of ether oxygens (including phenoxy) is 1. The van der Waals surface area contributed by atoms with E-state index in [0.717, 1.165) is 30.5 Å². The van der Waals surface area contributed by atoms with Crippen molar-refractivity contribution in [2.75, 3.05) is 6.61 Å². The van der Waals surface area contributed by atoms with E-state index in [0.29, 0.717) is 6.42 Å². The van der Waals surface area contributed by atoms with Crippen molar-refractivity contribution in [3.05, 3.63) is 76.9 Å². The van der Waals surface area contributed by atoms with Gasteiger partial charge in [-0.15, -0.1) is 0 Å². The number of aliphatic hydroxyl groups excluding tert-OH is 1. The van der Waals surface area contributed by atoms with E-state index in [9.17, 15) is 23.1 Å². The third kappa shape index (κ3) is 6.20. The number of rotatable bonds is 9. The van der Waals surface area contributed by atoms with Gasteiger partial charge in [0.2, 0.25) is 0 Å². The first-order valence-corrected chi connectivity index (χ1v) is 9.64. The number of aryl methyl sites for hydroxylation is 1. The Bertz CT molecular complexity index is 905. The van der Waals surface area contributed by atoms with Crippen LogP contribution in [0.25, 0.3) is 5.76 Å². The molecule has 0 saturated carbocycles. The van der Waals surface area contributed by atoms with Crippen molar-refractivity contribution in [3.63, 3.8) is 0 Å². The molecule has 0 radical (unpaired) electrons. The lowest BCUT2D eigenvalue weighted by Crippen LogP contribution is -2.19. The highest BCUT2D eigenvalue weighted by atomic mass is 19.4. The summed E-state index contributed by atoms with van der Waals surface area (Å²) in [5.74, 6) is -1.91. The fraction of sp³-hybridized carbons (Fsp3) is 0.304. The maximum absolute atomic E-state index is 13.3. The zero-order chi connectivity index (χ0) is 22.1. The van der Waals surface area contributed by atoms with Crippen molar-refractivity contribution in [2.45, 2.75) is 38.8 Å². The number of hydrogen-bond acceptors (Lipinski definition) is 4. The van der Waals surface area contributed by atoms with Crippen LogP contribution in [-0.4, -0.2) is 23.4 Å². The highest BCUT2D eigenvalue weighted by Gasteiger charge is 2.35. The number of alkyl halides is 3. The quantitative estimate of drug-likeness (QED) is 0.173. The molecule has 2 N–H and O–H groups in total. The predicted octanol–water partition coefficient (Wildman–Crippen LogP) is 5.97. The molecule has 0 spiro atoms. The Morgan fingerprint density at radius 2 is 1.67 bits per heavy atom. The SMILES string of the molecule is CCOC(=O)C(C(=N)CCCCc1ccccc1)=C(O)c1ccccc1C(F)(F)F. The summed E-state index contributed by atoms with van der Waals surface area (Å²) in [6, 6.07) is 14.1. The van der Waals surface area contributed by atoms with E-state index < -0.39 is 34.6 Å². The Morgan fingerprint density at radius 3 is 2.30 bits per heavy atom. The summed E-state index contributed by atoms with van der Waals surface area (Å²) in [7, 11) is 0. The number of nitrogens with one attached hydrogen (secondary N) is 1. The van der Waals surface area contributed by atoms with Crippen LogP contribution in [0.2, 0.25) is 0 Å². The van der Waals surface area contributed by atoms with Crippen LogP contribution >= 0.6 is 0 Å². The van der Waals surface area contributed by atoms with Crippen molar-refractivity contribution in [1.82, 2.24) is 0 Å². The van der Waals surface area contributed by atoms with Crippen LogP contribution < -0.4 is 0 Å². The Morgan fingerprint density at radius 1 is 1.03 bits per heavy atom. The van der Waals surface area contributed by atoms with E-state index in [2.05, 4.69) is 0 Å². The number of hydrogen-bond donors (Lipinski definition) is 2. The molecular formula is C23H24F3NO3. The Hall–Kier alpha value is -3.09. The minimum absolute atomic E-state index is 0.0299. The molecule has 2 rings (SSSR count). The van der Waals surface area contributed by atoms with Gasteiger partial charge in [-0.1, -0.05) is 48.5 Å². The first kappa shape index (κ1) is 23.2. The molecule has 0 amide bonds. The van der Waals surface area contributed by atoms with E-state index >= 15 is 0 Å². The molecule has 0 atom stereocenters. The van der Waals surface area contributed by atoms with Crippen molar-refractivity contribution >= 4 is 17.4 Å². The summed E-state index contributed by atoms with van der Waals surface area (Å²) in [5.41, 5.74) is -1.29. The lowest BCUT2D eigenvalue weighted by Gasteiger charge is -2.16. The molecule has 0 aliphatic rings. The van der Waals surface area contributed by atoms with E-state index in [4.69, 9.17) is 10.1 Å². The average molecular weight is 419 g/mol. The van der Waals surface area contributed by atoms with E-state index in [1.165, 1.54) is 12.1 Å². The summed E-state index contributed by atoms with van der Waals surface area (Å²) in [6.45, 7) is 1.51. The minimum atomic E-state index is -4.72. The largest absolute Gasteiger partial charge is 0.506 e. The number of carbonyl (C=O) groups is 1. The van der Waals surface area contributed by atoms with Crippen LogP contribution in [0.5, 0.6) is 0 Å². The van der Waals surface area contributed by atoms with Gasteiger partial charge in [0.05, 0.1) is 12.2 Å². The molecule has 2 aromatic carbocycles. The second-order valence-electron chi connectivity index (χ2n) is 6.66. The molecule has 0 heterocycles. The van der Waals surface area contributed by atoms with Gasteiger partial charge in [0.1, 0.15) is 11.3 Å². The Balaban J connectivity index is 2.25. The van der Waals surface area contributed by atoms with Gasteiger partial charge in [0.15, 0.2) is 0 Å². The molecule has 0 aliphatic carbocycles. The van der Waals surface area contributed by atoms with E-state index in [1.54, 1.807) is 6.92 Å². The van der Waals surface area contributed by atoms with E-state index in [-0.39, 0.29) is 18.7 Å². The van der Waals surface area contributed by atoms with Gasteiger partial charge in [-0.05, 0) is 44.2 Å². The highest BCUT2D eigenvalue weighted by molar-refractivity contribution is 6.23. The molecule has 0 aromatic heterocycles. The second kappa shape index (κ2) is 10.6. The normalized spacial score (nSPS) is 12.3. The van der Waals surface area contributed by atoms with Crippen LogP contribution in [0.4, 0.5) is 13.2 Å². The molecule has 2 aromatic rings. The van der Waals surface area contributed by atoms with Gasteiger partial charge in [0, 0.05) is 11.3 Å². The van der Waals surface area contributed by atoms with Crippen LogP contribution in [0.15, 0.2) is 60.2 Å². The zero-order valence-electron chi connectivity index (χ0n) is 16.6. The lowest BCUT2D eigenvalue weighted by atomic mass is 9.96. The van der Waals surface area contributed by atoms with Crippen LogP contribution in [0.1, 0.15) is 42.9 Å². The minimum Gasteiger partial charge on any atom is -0.506 e. The van der Waals surface area contributed by atoms with Crippen molar-refractivity contribution < 1.29 is 27.8 Å². The third-order valence-corrected chi connectivity index (χ3v) is 4.49. The number of esters is 1. The molecule has 0 saturated heterocycles. The fourth-order valence-corrected chi connectivity index (χ4v) is 3.04. The summed E-state index contributed by atoms with van der Waals surface area (Å²) in [6.07, 6.45) is -2.57. The molecule has 7 heteroatoms. The molecule has 0 unspecified atom stereocenters. The van der Waals surface area contributed by atoms with Gasteiger partial charge >= 0.3 is 12.1 Å². The van der Waals surface area contributed by atoms with Gasteiger partial charge < -0.3 is 15.3 Å². The summed E-state index contributed by atoms with van der Waals surface area (Å²) < 4.78 is 44.9. The number of benzene rings is 2. The van der Waals surface area contributed by atoms with Crippen LogP contribution in [-0.2, 0) is 22.1 Å². The predicted molar refractivity (Wildman–Crippen MR) is 109 cm³/mol. The molecule has 4 nitrogen and oxygen atoms in total. The van der Waals surface area contributed by atoms with Gasteiger partial charge in [0.25, 0.3) is 0 Å². The third-order valence-electron chi connectivity index (χ3n) is 4.49. The Labute approximate surface area is 173 Å². The average Bonchev–Trinajstić information content (AvgIpc) is 2.71. The number of halogens is 3. The lowest BCUT2D eigenvalue weighted by molar-refractivity contribution is -0.139. The first-order valence-electron chi connectivity index (χ1n) is 9.64. The first-order chi connectivity index (χ1) is 14.3. The van der Waals surface area contributed by atoms with Crippen LogP contribution in [0, 0.1) is 5.41 Å². The standard InChI is InChI=1S/C23H24F3NO3/c1-2-30-22(29)20(19(27)15-9-6-12-16-10-4-3-5-11-16)21(28)17-13-7-8-14-18(17)23(24,25)26/h3-5,7-8,10-11,13-14,27-28H,2,6,9,12,15H2,1H3. The molecule has 30 heavy (non-hydrogen) atoms. The summed E-state index contributed by atoms with van der Waals surface area (Å²) in [4.78, 5) is 12.4. The molecule has 0 fully saturated rings. The van der Waals surface area contributed by atoms with Crippen molar-refractivity contribution in [2.24, 2.45) is 0 Å². The van der Waals surface area contributed by atoms with Crippen molar-refractivity contribution in [3.8, 4) is 0 Å². The second-order valence-corrected chi connectivity index (χ2v) is 6.66. The molecular weight excluding hydrogens is 395 g/mol. The van der Waals surface area contributed by atoms with Crippen molar-refractivity contribution in [1.29, 1.82) is 5.41 Å². The highest BCUT2D eigenvalue weighted by Crippen LogP contribution is 2.35. The van der Waals surface area contributed by atoms with Gasteiger partial charge in [-0.2, -0.15) is 13.2 Å². The van der Waals surface area contributed by atoms with E-state index in [1.807, 2.05) is 30.3 Å². The molecule has 160 valence electrons. The molecule has 0 bridgehead atoms. The van der Waals surface area contributed by atoms with Crippen LogP contribution in [0.3, 0.4) is 0 Å². The summed E-state index contributed by atoms with van der Waals surface area (Å²) >= 11 is 0. The summed E-state index contributed by atoms with van der Waals surface area (Å²) in [5, 5.41) is 18.8. The topological polar surface area (TPSA) is 70.4 Å². The fourth-order valence-electron chi connectivity index (χ4n) is 3.04. The maximum atomic E-state index is 13.3.